The van der Waals surface area contributed by atoms with Crippen molar-refractivity contribution in [2.75, 3.05) is 13.7 Å². The zero-order valence-corrected chi connectivity index (χ0v) is 18.1. The van der Waals surface area contributed by atoms with Gasteiger partial charge < -0.3 is 19.5 Å². The summed E-state index contributed by atoms with van der Waals surface area (Å²) in [6, 6.07) is 1.93. The molecule has 10 nitrogen and oxygen atoms in total. The lowest BCUT2D eigenvalue weighted by Crippen LogP contribution is -2.49. The summed E-state index contributed by atoms with van der Waals surface area (Å²) >= 11 is 6.17. The molecule has 2 N–H and O–H groups in total. The molecule has 1 unspecified atom stereocenters. The lowest BCUT2D eigenvalue weighted by atomic mass is 10.00. The summed E-state index contributed by atoms with van der Waals surface area (Å²) < 4.78 is 15.7. The van der Waals surface area contributed by atoms with Gasteiger partial charge in [-0.05, 0) is 39.3 Å². The molecule has 0 spiro atoms. The number of esters is 1. The molecule has 1 atom stereocenters. The highest BCUT2D eigenvalue weighted by Crippen LogP contribution is 2.37. The van der Waals surface area contributed by atoms with E-state index < -0.39 is 36.0 Å². The van der Waals surface area contributed by atoms with Crippen molar-refractivity contribution in [3.63, 3.8) is 0 Å². The van der Waals surface area contributed by atoms with Crippen LogP contribution in [-0.4, -0.2) is 54.2 Å². The van der Waals surface area contributed by atoms with E-state index in [2.05, 4.69) is 10.7 Å². The van der Waals surface area contributed by atoms with Crippen LogP contribution >= 0.6 is 11.6 Å². The second-order valence-electron chi connectivity index (χ2n) is 7.02. The standard InChI is InChI=1S/C19H24ClN3O7/c1-6-19(4)17(26)23(18(27)21-19)22-14(24)9-29-16(25)11-7-12(20)15(30-10(2)3)13(8-11)28-5/h7-8,10H,6,9H2,1-5H3,(H,21,27)(H,22,24). The van der Waals surface area contributed by atoms with Crippen LogP contribution in [0.1, 0.15) is 44.5 Å². The molecule has 0 saturated carbocycles. The molecule has 4 amide bonds. The van der Waals surface area contributed by atoms with Gasteiger partial charge in [-0.15, -0.1) is 0 Å². The molecule has 1 aromatic carbocycles. The van der Waals surface area contributed by atoms with Crippen molar-refractivity contribution in [3.05, 3.63) is 22.7 Å². The van der Waals surface area contributed by atoms with Crippen molar-refractivity contribution < 1.29 is 33.4 Å². The zero-order chi connectivity index (χ0) is 22.6. The fraction of sp³-hybridized carbons (Fsp3) is 0.474. The molecule has 11 heteroatoms. The first-order valence-electron chi connectivity index (χ1n) is 9.19. The molecular weight excluding hydrogens is 418 g/mol. The van der Waals surface area contributed by atoms with E-state index in [1.165, 1.54) is 19.2 Å². The maximum atomic E-state index is 12.3. The third kappa shape index (κ3) is 4.93. The number of hydrogen-bond donors (Lipinski definition) is 2. The summed E-state index contributed by atoms with van der Waals surface area (Å²) in [6.07, 6.45) is 0.177. The second-order valence-corrected chi connectivity index (χ2v) is 7.43. The van der Waals surface area contributed by atoms with Crippen molar-refractivity contribution in [1.82, 2.24) is 15.8 Å². The van der Waals surface area contributed by atoms with Crippen LogP contribution in [0.5, 0.6) is 11.5 Å². The van der Waals surface area contributed by atoms with Crippen molar-refractivity contribution in [1.29, 1.82) is 0 Å². The SMILES string of the molecule is CCC1(C)NC(=O)N(NC(=O)COC(=O)c2cc(Cl)c(OC(C)C)c(OC)c2)C1=O. The lowest BCUT2D eigenvalue weighted by molar-refractivity contribution is -0.139. The molecule has 1 fully saturated rings. The average Bonchev–Trinajstić information content (AvgIpc) is 2.90. The number of amides is 4. The van der Waals surface area contributed by atoms with Crippen LogP contribution in [0.2, 0.25) is 5.02 Å². The molecule has 1 aliphatic rings. The van der Waals surface area contributed by atoms with Gasteiger partial charge >= 0.3 is 12.0 Å². The van der Waals surface area contributed by atoms with Gasteiger partial charge in [0.25, 0.3) is 11.8 Å². The van der Waals surface area contributed by atoms with Gasteiger partial charge in [0.1, 0.15) is 5.54 Å². The predicted molar refractivity (Wildman–Crippen MR) is 106 cm³/mol. The Morgan fingerprint density at radius 1 is 1.30 bits per heavy atom. The van der Waals surface area contributed by atoms with Crippen LogP contribution in [0.4, 0.5) is 4.79 Å². The highest BCUT2D eigenvalue weighted by atomic mass is 35.5. The number of hydrazine groups is 1. The molecule has 0 aromatic heterocycles. The Balaban J connectivity index is 2.02. The summed E-state index contributed by atoms with van der Waals surface area (Å²) in [7, 11) is 1.39. The van der Waals surface area contributed by atoms with Crippen LogP contribution in [0.3, 0.4) is 0 Å². The van der Waals surface area contributed by atoms with Gasteiger partial charge in [0.15, 0.2) is 18.1 Å². The van der Waals surface area contributed by atoms with Crippen LogP contribution in [0, 0.1) is 0 Å². The van der Waals surface area contributed by atoms with E-state index in [9.17, 15) is 19.2 Å². The van der Waals surface area contributed by atoms with E-state index in [-0.39, 0.29) is 28.2 Å². The number of urea groups is 1. The number of rotatable bonds is 8. The minimum absolute atomic E-state index is 0.0364. The number of hydrogen-bond acceptors (Lipinski definition) is 7. The number of halogens is 1. The molecular formula is C19H24ClN3O7. The molecule has 164 valence electrons. The maximum Gasteiger partial charge on any atom is 0.344 e. The molecule has 0 radical (unpaired) electrons. The quantitative estimate of drug-likeness (QED) is 0.467. The van der Waals surface area contributed by atoms with E-state index in [0.717, 1.165) is 0 Å². The second kappa shape index (κ2) is 9.21. The Hall–Kier alpha value is -3.01. The van der Waals surface area contributed by atoms with Gasteiger partial charge in [0.05, 0.1) is 23.8 Å². The summed E-state index contributed by atoms with van der Waals surface area (Å²) in [6.45, 7) is 6.17. The van der Waals surface area contributed by atoms with Crippen molar-refractivity contribution in [3.8, 4) is 11.5 Å². The Morgan fingerprint density at radius 2 is 1.97 bits per heavy atom. The molecule has 0 aliphatic carbocycles. The lowest BCUT2D eigenvalue weighted by Gasteiger charge is -2.19. The van der Waals surface area contributed by atoms with Gasteiger partial charge in [-0.1, -0.05) is 18.5 Å². The average molecular weight is 442 g/mol. The number of carbonyl (C=O) groups is 4. The largest absolute Gasteiger partial charge is 0.493 e. The van der Waals surface area contributed by atoms with Gasteiger partial charge in [-0.3, -0.25) is 15.0 Å². The van der Waals surface area contributed by atoms with E-state index in [1.54, 1.807) is 13.8 Å². The monoisotopic (exact) mass is 441 g/mol. The van der Waals surface area contributed by atoms with Gasteiger partial charge in [-0.2, -0.15) is 5.01 Å². The number of methoxy groups -OCH3 is 1. The molecule has 2 rings (SSSR count). The summed E-state index contributed by atoms with van der Waals surface area (Å²) in [5.41, 5.74) is 1.06. The number of benzene rings is 1. The molecule has 1 aliphatic heterocycles. The summed E-state index contributed by atoms with van der Waals surface area (Å²) in [4.78, 5) is 48.5. The van der Waals surface area contributed by atoms with Crippen molar-refractivity contribution in [2.45, 2.75) is 45.8 Å². The van der Waals surface area contributed by atoms with Crippen LogP contribution in [0.15, 0.2) is 12.1 Å². The first-order chi connectivity index (χ1) is 14.0. The highest BCUT2D eigenvalue weighted by molar-refractivity contribution is 6.32. The van der Waals surface area contributed by atoms with E-state index in [1.807, 2.05) is 13.8 Å². The van der Waals surface area contributed by atoms with Crippen LogP contribution in [0.25, 0.3) is 0 Å². The molecule has 1 saturated heterocycles. The first kappa shape index (κ1) is 23.3. The summed E-state index contributed by atoms with van der Waals surface area (Å²) in [5.74, 6) is -1.80. The zero-order valence-electron chi connectivity index (χ0n) is 17.3. The maximum absolute atomic E-state index is 12.3. The van der Waals surface area contributed by atoms with Gasteiger partial charge in [0.2, 0.25) is 0 Å². The Labute approximate surface area is 178 Å². The number of nitrogens with zero attached hydrogens (tertiary/aromatic N) is 1. The predicted octanol–water partition coefficient (Wildman–Crippen LogP) is 2.04. The third-order valence-electron chi connectivity index (χ3n) is 4.36. The van der Waals surface area contributed by atoms with E-state index >= 15 is 0 Å². The third-order valence-corrected chi connectivity index (χ3v) is 4.64. The Morgan fingerprint density at radius 3 is 2.50 bits per heavy atom. The number of nitrogens with one attached hydrogen (secondary N) is 2. The highest BCUT2D eigenvalue weighted by Gasteiger charge is 2.47. The molecule has 30 heavy (non-hydrogen) atoms. The van der Waals surface area contributed by atoms with E-state index in [4.69, 9.17) is 25.8 Å². The minimum Gasteiger partial charge on any atom is -0.493 e. The fourth-order valence-corrected chi connectivity index (χ4v) is 2.84. The van der Waals surface area contributed by atoms with Crippen LogP contribution < -0.4 is 20.2 Å². The smallest absolute Gasteiger partial charge is 0.344 e. The summed E-state index contributed by atoms with van der Waals surface area (Å²) in [5, 5.41) is 3.19. The van der Waals surface area contributed by atoms with E-state index in [0.29, 0.717) is 11.4 Å². The van der Waals surface area contributed by atoms with Gasteiger partial charge in [-0.25, -0.2) is 9.59 Å². The van der Waals surface area contributed by atoms with Crippen molar-refractivity contribution in [2.24, 2.45) is 0 Å². The molecule has 0 bridgehead atoms. The molecule has 1 heterocycles. The normalized spacial score (nSPS) is 18.3. The number of imide groups is 1. The Kier molecular flexibility index (Phi) is 7.14. The fourth-order valence-electron chi connectivity index (χ4n) is 2.58. The van der Waals surface area contributed by atoms with Gasteiger partial charge in [0, 0.05) is 0 Å². The Bertz CT molecular complexity index is 874. The topological polar surface area (TPSA) is 123 Å². The molecule has 1 aromatic rings. The minimum atomic E-state index is -1.10. The number of carbonyl (C=O) groups excluding carboxylic acids is 4. The number of ether oxygens (including phenoxy) is 3. The van der Waals surface area contributed by atoms with Crippen LogP contribution in [-0.2, 0) is 14.3 Å². The first-order valence-corrected chi connectivity index (χ1v) is 9.57. The van der Waals surface area contributed by atoms with Crippen molar-refractivity contribution >= 4 is 35.4 Å².